The van der Waals surface area contributed by atoms with Gasteiger partial charge in [0.05, 0.1) is 11.3 Å². The number of aryl methyl sites for hydroxylation is 1. The van der Waals surface area contributed by atoms with E-state index in [1.54, 1.807) is 25.1 Å². The summed E-state index contributed by atoms with van der Waals surface area (Å²) >= 11 is 0. The van der Waals surface area contributed by atoms with E-state index in [2.05, 4.69) is 10.5 Å². The van der Waals surface area contributed by atoms with Crippen molar-refractivity contribution in [2.75, 3.05) is 0 Å². The molecule has 0 atom stereocenters. The molecule has 0 unspecified atom stereocenters. The predicted molar refractivity (Wildman–Crippen MR) is 101 cm³/mol. The average molecular weight is 349 g/mol. The van der Waals surface area contributed by atoms with Gasteiger partial charge in [-0.2, -0.15) is 5.10 Å². The predicted octanol–water partition coefficient (Wildman–Crippen LogP) is 4.39. The second-order valence-corrected chi connectivity index (χ2v) is 6.07. The molecule has 3 aromatic rings. The molecule has 132 valence electrons. The maximum absolute atomic E-state index is 13.8. The van der Waals surface area contributed by atoms with E-state index in [1.807, 2.05) is 54.8 Å². The topological polar surface area (TPSA) is 46.4 Å². The zero-order valence-corrected chi connectivity index (χ0v) is 15.0. The summed E-state index contributed by atoms with van der Waals surface area (Å²) in [5.41, 5.74) is 6.61. The summed E-state index contributed by atoms with van der Waals surface area (Å²) in [4.78, 5) is 12.6. The van der Waals surface area contributed by atoms with Crippen molar-refractivity contribution in [3.63, 3.8) is 0 Å². The lowest BCUT2D eigenvalue weighted by atomic mass is 10.1. The van der Waals surface area contributed by atoms with Crippen LogP contribution in [0.5, 0.6) is 0 Å². The molecule has 2 aromatic carbocycles. The molecule has 4 nitrogen and oxygen atoms in total. The van der Waals surface area contributed by atoms with Gasteiger partial charge < -0.3 is 4.57 Å². The molecule has 1 N–H and O–H groups in total. The quantitative estimate of drug-likeness (QED) is 0.551. The summed E-state index contributed by atoms with van der Waals surface area (Å²) in [6, 6.07) is 18.0. The molecule has 0 aliphatic rings. The number of hydrogen-bond donors (Lipinski definition) is 1. The maximum Gasteiger partial charge on any atom is 0.273 e. The van der Waals surface area contributed by atoms with Crippen molar-refractivity contribution in [2.24, 2.45) is 5.10 Å². The number of nitrogens with zero attached hydrogens (tertiary/aromatic N) is 2. The monoisotopic (exact) mass is 349 g/mol. The highest BCUT2D eigenvalue weighted by molar-refractivity contribution is 6.01. The Morgan fingerprint density at radius 3 is 2.35 bits per heavy atom. The molecule has 0 saturated heterocycles. The van der Waals surface area contributed by atoms with E-state index in [9.17, 15) is 9.18 Å². The summed E-state index contributed by atoms with van der Waals surface area (Å²) < 4.78 is 15.8. The van der Waals surface area contributed by atoms with E-state index < -0.39 is 0 Å². The van der Waals surface area contributed by atoms with Crippen LogP contribution in [-0.4, -0.2) is 16.2 Å². The number of amides is 1. The Morgan fingerprint density at radius 1 is 1.00 bits per heavy atom. The van der Waals surface area contributed by atoms with Gasteiger partial charge in [-0.15, -0.1) is 0 Å². The summed E-state index contributed by atoms with van der Waals surface area (Å²) in [7, 11) is 0. The minimum Gasteiger partial charge on any atom is -0.318 e. The van der Waals surface area contributed by atoms with Crippen molar-refractivity contribution in [3.05, 3.63) is 89.0 Å². The van der Waals surface area contributed by atoms with E-state index in [4.69, 9.17) is 0 Å². The number of para-hydroxylation sites is 1. The minimum atomic E-state index is -0.370. The van der Waals surface area contributed by atoms with Crippen molar-refractivity contribution in [3.8, 4) is 5.69 Å². The zero-order chi connectivity index (χ0) is 18.7. The Hall–Kier alpha value is -3.21. The van der Waals surface area contributed by atoms with Crippen LogP contribution in [0.25, 0.3) is 5.69 Å². The highest BCUT2D eigenvalue weighted by Gasteiger charge is 2.16. The van der Waals surface area contributed by atoms with Crippen LogP contribution in [0.4, 0.5) is 4.39 Å². The van der Waals surface area contributed by atoms with Crippen LogP contribution in [0.15, 0.2) is 65.8 Å². The minimum absolute atomic E-state index is 0.323. The highest BCUT2D eigenvalue weighted by atomic mass is 19.1. The summed E-state index contributed by atoms with van der Waals surface area (Å²) in [6.45, 7) is 5.50. The number of carbonyl (C=O) groups is 1. The molecule has 0 bridgehead atoms. The normalized spacial score (nSPS) is 11.5. The lowest BCUT2D eigenvalue weighted by Gasteiger charge is -2.09. The maximum atomic E-state index is 13.8. The smallest absolute Gasteiger partial charge is 0.273 e. The number of halogens is 1. The van der Waals surface area contributed by atoms with Gasteiger partial charge in [-0.05, 0) is 45.0 Å². The molecule has 0 fully saturated rings. The molecule has 0 radical (unpaired) electrons. The van der Waals surface area contributed by atoms with E-state index in [0.717, 1.165) is 17.1 Å². The van der Waals surface area contributed by atoms with E-state index >= 15 is 0 Å². The lowest BCUT2D eigenvalue weighted by Crippen LogP contribution is -2.20. The molecule has 0 saturated carbocycles. The van der Waals surface area contributed by atoms with E-state index in [0.29, 0.717) is 16.8 Å². The van der Waals surface area contributed by atoms with Crippen molar-refractivity contribution in [1.29, 1.82) is 0 Å². The Morgan fingerprint density at radius 2 is 1.65 bits per heavy atom. The van der Waals surface area contributed by atoms with Gasteiger partial charge in [0.15, 0.2) is 0 Å². The third-order valence-electron chi connectivity index (χ3n) is 4.28. The standard InChI is InChI=1S/C21H20FN3O/c1-14-13-19(16(3)25(14)17-9-5-4-6-10-17)21(26)24-23-15(2)18-11-7-8-12-20(18)22/h4-13H,1-3H3,(H,24,26)/b23-15+. The van der Waals surface area contributed by atoms with Gasteiger partial charge in [0.25, 0.3) is 5.91 Å². The lowest BCUT2D eigenvalue weighted by molar-refractivity contribution is 0.0954. The van der Waals surface area contributed by atoms with Crippen LogP contribution in [0.1, 0.15) is 34.2 Å². The molecule has 26 heavy (non-hydrogen) atoms. The van der Waals surface area contributed by atoms with Gasteiger partial charge in [-0.3, -0.25) is 4.79 Å². The number of hydrogen-bond acceptors (Lipinski definition) is 2. The molecule has 0 spiro atoms. The van der Waals surface area contributed by atoms with Gasteiger partial charge in [0.2, 0.25) is 0 Å². The largest absolute Gasteiger partial charge is 0.318 e. The third kappa shape index (κ3) is 3.42. The molecular weight excluding hydrogens is 329 g/mol. The van der Waals surface area contributed by atoms with Crippen LogP contribution >= 0.6 is 0 Å². The van der Waals surface area contributed by atoms with Crippen molar-refractivity contribution in [1.82, 2.24) is 9.99 Å². The fourth-order valence-electron chi connectivity index (χ4n) is 2.98. The van der Waals surface area contributed by atoms with Crippen LogP contribution in [0, 0.1) is 19.7 Å². The van der Waals surface area contributed by atoms with Gasteiger partial charge >= 0.3 is 0 Å². The third-order valence-corrected chi connectivity index (χ3v) is 4.28. The van der Waals surface area contributed by atoms with Crippen LogP contribution < -0.4 is 5.43 Å². The molecule has 1 heterocycles. The molecule has 0 aliphatic heterocycles. The van der Waals surface area contributed by atoms with Gasteiger partial charge in [-0.1, -0.05) is 36.4 Å². The zero-order valence-electron chi connectivity index (χ0n) is 15.0. The van der Waals surface area contributed by atoms with Gasteiger partial charge in [0, 0.05) is 22.6 Å². The first-order valence-electron chi connectivity index (χ1n) is 8.33. The Labute approximate surface area is 152 Å². The second-order valence-electron chi connectivity index (χ2n) is 6.07. The Balaban J connectivity index is 1.85. The first-order valence-corrected chi connectivity index (χ1v) is 8.33. The molecule has 3 rings (SSSR count). The molecule has 1 amide bonds. The number of benzene rings is 2. The first kappa shape index (κ1) is 17.6. The number of carbonyl (C=O) groups excluding carboxylic acids is 1. The fourth-order valence-corrected chi connectivity index (χ4v) is 2.98. The van der Waals surface area contributed by atoms with Gasteiger partial charge in [0.1, 0.15) is 5.82 Å². The van der Waals surface area contributed by atoms with Gasteiger partial charge in [-0.25, -0.2) is 9.82 Å². The second kappa shape index (κ2) is 7.35. The van der Waals surface area contributed by atoms with E-state index in [-0.39, 0.29) is 11.7 Å². The number of aromatic nitrogens is 1. The van der Waals surface area contributed by atoms with Crippen LogP contribution in [-0.2, 0) is 0 Å². The average Bonchev–Trinajstić information content (AvgIpc) is 2.95. The van der Waals surface area contributed by atoms with Crippen molar-refractivity contribution in [2.45, 2.75) is 20.8 Å². The Bertz CT molecular complexity index is 974. The first-order chi connectivity index (χ1) is 12.5. The summed E-state index contributed by atoms with van der Waals surface area (Å²) in [5.74, 6) is -0.693. The fraction of sp³-hybridized carbons (Fsp3) is 0.143. The summed E-state index contributed by atoms with van der Waals surface area (Å²) in [5, 5.41) is 4.05. The van der Waals surface area contributed by atoms with Crippen molar-refractivity contribution < 1.29 is 9.18 Å². The molecule has 0 aliphatic carbocycles. The van der Waals surface area contributed by atoms with Crippen LogP contribution in [0.3, 0.4) is 0 Å². The van der Waals surface area contributed by atoms with Crippen LogP contribution in [0.2, 0.25) is 0 Å². The van der Waals surface area contributed by atoms with E-state index in [1.165, 1.54) is 6.07 Å². The Kier molecular flexibility index (Phi) is 4.98. The summed E-state index contributed by atoms with van der Waals surface area (Å²) in [6.07, 6.45) is 0. The SMILES string of the molecule is C/C(=N\NC(=O)c1cc(C)n(-c2ccccc2)c1C)c1ccccc1F. The molecule has 1 aromatic heterocycles. The number of nitrogens with one attached hydrogen (secondary N) is 1. The molecule has 5 heteroatoms. The number of hydrazone groups is 1. The molecular formula is C21H20FN3O. The highest BCUT2D eigenvalue weighted by Crippen LogP contribution is 2.20. The number of rotatable bonds is 4. The van der Waals surface area contributed by atoms with Crippen molar-refractivity contribution >= 4 is 11.6 Å².